The highest BCUT2D eigenvalue weighted by atomic mass is 16.6. The van der Waals surface area contributed by atoms with Crippen LogP contribution in [0.4, 0.5) is 0 Å². The average Bonchev–Trinajstić information content (AvgIpc) is 3.07. The van der Waals surface area contributed by atoms with E-state index in [-0.39, 0.29) is 46.3 Å². The molecule has 0 aromatic heterocycles. The molecule has 1 aliphatic heterocycles. The Hall–Kier alpha value is -1.45. The molecule has 1 spiro atoms. The highest BCUT2D eigenvalue weighted by molar-refractivity contribution is 6.06. The predicted molar refractivity (Wildman–Crippen MR) is 90.5 cm³/mol. The molecule has 4 nitrogen and oxygen atoms in total. The molecular formula is C21H26O4. The number of fused-ring (bicyclic) bond motifs is 4. The van der Waals surface area contributed by atoms with E-state index >= 15 is 0 Å². The van der Waals surface area contributed by atoms with Gasteiger partial charge >= 0.3 is 5.97 Å². The van der Waals surface area contributed by atoms with Crippen LogP contribution in [0.3, 0.4) is 0 Å². The maximum atomic E-state index is 12.9. The molecule has 0 radical (unpaired) electrons. The number of allylic oxidation sites excluding steroid dienone is 1. The zero-order chi connectivity index (χ0) is 17.6. The molecule has 5 rings (SSSR count). The summed E-state index contributed by atoms with van der Waals surface area (Å²) in [4.78, 5) is 37.6. The molecule has 1 heterocycles. The summed E-state index contributed by atoms with van der Waals surface area (Å²) in [5.41, 5.74) is 0.267. The monoisotopic (exact) mass is 342 g/mol. The number of hydrogen-bond acceptors (Lipinski definition) is 4. The van der Waals surface area contributed by atoms with Crippen molar-refractivity contribution in [2.75, 3.05) is 0 Å². The van der Waals surface area contributed by atoms with Crippen LogP contribution in [0.1, 0.15) is 58.8 Å². The van der Waals surface area contributed by atoms with Crippen molar-refractivity contribution in [3.8, 4) is 0 Å². The van der Waals surface area contributed by atoms with E-state index in [1.807, 2.05) is 6.92 Å². The normalized spacial score (nSPS) is 51.2. The Morgan fingerprint density at radius 1 is 1.04 bits per heavy atom. The van der Waals surface area contributed by atoms with Crippen LogP contribution in [0.25, 0.3) is 0 Å². The number of hydrogen-bond donors (Lipinski definition) is 0. The van der Waals surface area contributed by atoms with Gasteiger partial charge in [0.1, 0.15) is 6.10 Å². The fraction of sp³-hybridized carbons (Fsp3) is 0.762. The maximum absolute atomic E-state index is 12.9. The molecule has 134 valence electrons. The number of ether oxygens (including phenoxy) is 1. The van der Waals surface area contributed by atoms with Crippen molar-refractivity contribution in [3.63, 3.8) is 0 Å². The number of cyclic esters (lactones) is 1. The van der Waals surface area contributed by atoms with Gasteiger partial charge in [0, 0.05) is 24.3 Å². The van der Waals surface area contributed by atoms with Gasteiger partial charge in [-0.1, -0.05) is 6.92 Å². The molecule has 0 aromatic rings. The zero-order valence-electron chi connectivity index (χ0n) is 15.0. The van der Waals surface area contributed by atoms with Gasteiger partial charge in [0.05, 0.1) is 5.41 Å². The van der Waals surface area contributed by atoms with E-state index in [0.717, 1.165) is 37.7 Å². The third-order valence-electron chi connectivity index (χ3n) is 8.61. The lowest BCUT2D eigenvalue weighted by atomic mass is 9.46. The van der Waals surface area contributed by atoms with E-state index in [1.54, 1.807) is 6.08 Å². The summed E-state index contributed by atoms with van der Waals surface area (Å²) < 4.78 is 5.66. The molecule has 5 aliphatic rings. The first-order valence-corrected chi connectivity index (χ1v) is 9.87. The Labute approximate surface area is 148 Å². The Morgan fingerprint density at radius 2 is 1.80 bits per heavy atom. The van der Waals surface area contributed by atoms with Gasteiger partial charge in [0.2, 0.25) is 0 Å². The van der Waals surface area contributed by atoms with Gasteiger partial charge in [-0.15, -0.1) is 0 Å². The molecule has 0 aromatic carbocycles. The van der Waals surface area contributed by atoms with Crippen molar-refractivity contribution in [1.29, 1.82) is 0 Å². The molecular weight excluding hydrogens is 316 g/mol. The smallest absolute Gasteiger partial charge is 0.313 e. The van der Waals surface area contributed by atoms with Crippen LogP contribution in [0.15, 0.2) is 11.6 Å². The predicted octanol–water partition coefficient (Wildman–Crippen LogP) is 3.24. The SMILES string of the molecule is CC1OC(=O)C23CCC4C(CC(=O)C5=CC(=O)CCC54C)C2CCC13. The van der Waals surface area contributed by atoms with Gasteiger partial charge in [0.25, 0.3) is 0 Å². The molecule has 4 fully saturated rings. The molecule has 25 heavy (non-hydrogen) atoms. The minimum atomic E-state index is -0.330. The van der Waals surface area contributed by atoms with Gasteiger partial charge in [-0.3, -0.25) is 14.4 Å². The molecule has 1 saturated heterocycles. The first-order valence-electron chi connectivity index (χ1n) is 9.87. The van der Waals surface area contributed by atoms with Crippen molar-refractivity contribution < 1.29 is 19.1 Å². The fourth-order valence-corrected chi connectivity index (χ4v) is 7.52. The van der Waals surface area contributed by atoms with Crippen LogP contribution in [-0.4, -0.2) is 23.6 Å². The van der Waals surface area contributed by atoms with Crippen molar-refractivity contribution in [3.05, 3.63) is 11.6 Å². The van der Waals surface area contributed by atoms with Crippen LogP contribution in [0.5, 0.6) is 0 Å². The van der Waals surface area contributed by atoms with Gasteiger partial charge in [0.15, 0.2) is 11.6 Å². The second kappa shape index (κ2) is 4.83. The van der Waals surface area contributed by atoms with Crippen molar-refractivity contribution in [1.82, 2.24) is 0 Å². The summed E-state index contributed by atoms with van der Waals surface area (Å²) in [6, 6.07) is 0. The Balaban J connectivity index is 1.57. The van der Waals surface area contributed by atoms with E-state index in [2.05, 4.69) is 6.92 Å². The Morgan fingerprint density at radius 3 is 2.60 bits per heavy atom. The lowest BCUT2D eigenvalue weighted by Crippen LogP contribution is -2.54. The summed E-state index contributed by atoms with van der Waals surface area (Å²) in [5, 5.41) is 0. The number of carbonyl (C=O) groups excluding carboxylic acids is 3. The van der Waals surface area contributed by atoms with Gasteiger partial charge < -0.3 is 4.74 Å². The molecule has 0 amide bonds. The lowest BCUT2D eigenvalue weighted by molar-refractivity contribution is -0.158. The molecule has 0 bridgehead atoms. The van der Waals surface area contributed by atoms with E-state index in [4.69, 9.17) is 4.74 Å². The lowest BCUT2D eigenvalue weighted by Gasteiger charge is -2.56. The van der Waals surface area contributed by atoms with Crippen molar-refractivity contribution >= 4 is 17.5 Å². The molecule has 7 atom stereocenters. The second-order valence-corrected chi connectivity index (χ2v) is 9.32. The molecule has 4 heteroatoms. The maximum Gasteiger partial charge on any atom is 0.313 e. The van der Waals surface area contributed by atoms with E-state index in [1.165, 1.54) is 0 Å². The molecule has 7 unspecified atom stereocenters. The van der Waals surface area contributed by atoms with Crippen LogP contribution in [-0.2, 0) is 19.1 Å². The first-order chi connectivity index (χ1) is 11.9. The summed E-state index contributed by atoms with van der Waals surface area (Å²) in [7, 11) is 0. The van der Waals surface area contributed by atoms with Gasteiger partial charge in [-0.2, -0.15) is 0 Å². The van der Waals surface area contributed by atoms with Crippen molar-refractivity contribution in [2.24, 2.45) is 34.5 Å². The number of esters is 1. The quantitative estimate of drug-likeness (QED) is 0.634. The fourth-order valence-electron chi connectivity index (χ4n) is 7.52. The zero-order valence-corrected chi connectivity index (χ0v) is 15.0. The van der Waals surface area contributed by atoms with Crippen LogP contribution < -0.4 is 0 Å². The largest absolute Gasteiger partial charge is 0.462 e. The highest BCUT2D eigenvalue weighted by Crippen LogP contribution is 2.68. The molecule has 4 aliphatic carbocycles. The Kier molecular flexibility index (Phi) is 3.05. The third-order valence-corrected chi connectivity index (χ3v) is 8.61. The molecule has 3 saturated carbocycles. The van der Waals surface area contributed by atoms with Gasteiger partial charge in [-0.25, -0.2) is 0 Å². The van der Waals surface area contributed by atoms with Crippen LogP contribution >= 0.6 is 0 Å². The summed E-state index contributed by atoms with van der Waals surface area (Å²) >= 11 is 0. The van der Waals surface area contributed by atoms with Crippen LogP contribution in [0, 0.1) is 34.5 Å². The van der Waals surface area contributed by atoms with Crippen molar-refractivity contribution in [2.45, 2.75) is 64.9 Å². The van der Waals surface area contributed by atoms with E-state index < -0.39 is 0 Å². The summed E-state index contributed by atoms with van der Waals surface area (Å²) in [5.74, 6) is 1.57. The first kappa shape index (κ1) is 15.8. The van der Waals surface area contributed by atoms with Crippen LogP contribution in [0.2, 0.25) is 0 Å². The number of rotatable bonds is 0. The number of carbonyl (C=O) groups is 3. The summed E-state index contributed by atoms with van der Waals surface area (Å²) in [6.07, 6.45) is 7.48. The minimum Gasteiger partial charge on any atom is -0.462 e. The average molecular weight is 342 g/mol. The standard InChI is InChI=1S/C21H26O4/c1-11-14-3-4-16-13-10-18(23)17-9-12(22)5-7-20(17,2)15(13)6-8-21(14,16)19(24)25-11/h9,11,13-16H,3-8,10H2,1-2H3. The van der Waals surface area contributed by atoms with Gasteiger partial charge in [-0.05, 0) is 68.3 Å². The minimum absolute atomic E-state index is 0.00344. The number of Topliss-reactive ketones (excluding diaryl/α,β-unsaturated/α-hetero) is 1. The third kappa shape index (κ3) is 1.76. The summed E-state index contributed by atoms with van der Waals surface area (Å²) in [6.45, 7) is 4.23. The highest BCUT2D eigenvalue weighted by Gasteiger charge is 2.69. The van der Waals surface area contributed by atoms with E-state index in [0.29, 0.717) is 24.7 Å². The Bertz CT molecular complexity index is 721. The van der Waals surface area contributed by atoms with E-state index in [9.17, 15) is 14.4 Å². The molecule has 0 N–H and O–H groups in total. The second-order valence-electron chi connectivity index (χ2n) is 9.32. The topological polar surface area (TPSA) is 60.4 Å². The number of ketones is 2.